The van der Waals surface area contributed by atoms with Crippen molar-refractivity contribution in [2.75, 3.05) is 13.2 Å². The molecule has 1 saturated heterocycles. The minimum absolute atomic E-state index is 0.0464. The van der Waals surface area contributed by atoms with Crippen molar-refractivity contribution >= 4 is 17.9 Å². The molecule has 0 spiro atoms. The second-order valence-corrected chi connectivity index (χ2v) is 7.84. The lowest BCUT2D eigenvalue weighted by Crippen LogP contribution is -2.51. The number of ether oxygens (including phenoxy) is 1. The van der Waals surface area contributed by atoms with Crippen LogP contribution < -0.4 is 16.0 Å². The minimum atomic E-state index is -0.725. The van der Waals surface area contributed by atoms with Gasteiger partial charge in [0.05, 0.1) is 12.6 Å². The summed E-state index contributed by atoms with van der Waals surface area (Å²) in [5.41, 5.74) is 0.862. The van der Waals surface area contributed by atoms with Gasteiger partial charge in [0.2, 0.25) is 11.8 Å². The number of nitrogens with one attached hydrogen (secondary N) is 3. The van der Waals surface area contributed by atoms with Gasteiger partial charge in [-0.3, -0.25) is 9.59 Å². The highest BCUT2D eigenvalue weighted by molar-refractivity contribution is 5.86. The Morgan fingerprint density at radius 1 is 1.14 bits per heavy atom. The summed E-state index contributed by atoms with van der Waals surface area (Å²) in [5, 5.41) is 17.8. The van der Waals surface area contributed by atoms with Crippen LogP contribution >= 0.6 is 0 Å². The summed E-state index contributed by atoms with van der Waals surface area (Å²) in [4.78, 5) is 36.7. The highest BCUT2D eigenvalue weighted by Gasteiger charge is 2.33. The van der Waals surface area contributed by atoms with E-state index in [-0.39, 0.29) is 30.9 Å². The molecule has 1 aromatic carbocycles. The molecule has 4 N–H and O–H groups in total. The Morgan fingerprint density at radius 3 is 2.52 bits per heavy atom. The van der Waals surface area contributed by atoms with Crippen molar-refractivity contribution in [1.29, 1.82) is 0 Å². The van der Waals surface area contributed by atoms with Crippen LogP contribution in [0.4, 0.5) is 4.79 Å². The maximum Gasteiger partial charge on any atom is 0.408 e. The number of carbonyl (C=O) groups is 3. The molecule has 8 heteroatoms. The molecule has 1 aliphatic heterocycles. The molecule has 3 atom stereocenters. The van der Waals surface area contributed by atoms with Crippen molar-refractivity contribution in [1.82, 2.24) is 16.0 Å². The average molecular weight is 403 g/mol. The van der Waals surface area contributed by atoms with E-state index in [1.807, 2.05) is 30.3 Å². The first-order chi connectivity index (χ1) is 14.0. The number of aliphatic hydroxyl groups excluding tert-OH is 1. The quantitative estimate of drug-likeness (QED) is 0.467. The predicted octanol–water partition coefficient (Wildman–Crippen LogP) is 1.08. The van der Waals surface area contributed by atoms with Crippen LogP contribution in [0.5, 0.6) is 0 Å². The summed E-state index contributed by atoms with van der Waals surface area (Å²) in [6.45, 7) is 0.485. The number of benzene rings is 1. The monoisotopic (exact) mass is 403 g/mol. The van der Waals surface area contributed by atoms with E-state index in [1.165, 1.54) is 0 Å². The van der Waals surface area contributed by atoms with Gasteiger partial charge in [0.15, 0.2) is 0 Å². The predicted molar refractivity (Wildman–Crippen MR) is 106 cm³/mol. The fourth-order valence-corrected chi connectivity index (χ4v) is 3.52. The highest BCUT2D eigenvalue weighted by atomic mass is 16.5. The molecular formula is C21H29N3O5. The van der Waals surface area contributed by atoms with E-state index in [0.29, 0.717) is 31.7 Å². The number of aliphatic hydroxyl groups is 1. The lowest BCUT2D eigenvalue weighted by molar-refractivity contribution is -0.126. The lowest BCUT2D eigenvalue weighted by Gasteiger charge is -2.23. The Hall–Kier alpha value is -2.61. The van der Waals surface area contributed by atoms with E-state index >= 15 is 0 Å². The van der Waals surface area contributed by atoms with Crippen molar-refractivity contribution in [2.24, 2.45) is 11.8 Å². The Bertz CT molecular complexity index is 708. The highest BCUT2D eigenvalue weighted by Crippen LogP contribution is 2.33. The van der Waals surface area contributed by atoms with Crippen LogP contribution in [0.3, 0.4) is 0 Å². The largest absolute Gasteiger partial charge is 0.445 e. The fourth-order valence-electron chi connectivity index (χ4n) is 3.52. The van der Waals surface area contributed by atoms with Gasteiger partial charge in [-0.2, -0.15) is 0 Å². The molecule has 2 aliphatic rings. The molecule has 158 valence electrons. The maximum absolute atomic E-state index is 12.7. The fraction of sp³-hybridized carbons (Fsp3) is 0.571. The van der Waals surface area contributed by atoms with Crippen LogP contribution in [0, 0.1) is 11.8 Å². The number of hydrogen-bond acceptors (Lipinski definition) is 5. The molecular weight excluding hydrogens is 374 g/mol. The van der Waals surface area contributed by atoms with Gasteiger partial charge in [0.25, 0.3) is 0 Å². The molecule has 3 rings (SSSR count). The van der Waals surface area contributed by atoms with Crippen LogP contribution in [0.15, 0.2) is 30.3 Å². The van der Waals surface area contributed by atoms with E-state index in [1.54, 1.807) is 0 Å². The topological polar surface area (TPSA) is 117 Å². The molecule has 1 aromatic rings. The van der Waals surface area contributed by atoms with E-state index in [9.17, 15) is 19.5 Å². The third-order valence-electron chi connectivity index (χ3n) is 5.39. The smallest absolute Gasteiger partial charge is 0.408 e. The number of rotatable bonds is 10. The van der Waals surface area contributed by atoms with Crippen LogP contribution in [0.1, 0.15) is 37.7 Å². The summed E-state index contributed by atoms with van der Waals surface area (Å²) < 4.78 is 5.23. The summed E-state index contributed by atoms with van der Waals surface area (Å²) in [6.07, 6.45) is 3.04. The van der Waals surface area contributed by atoms with Crippen LogP contribution in [0.25, 0.3) is 0 Å². The molecule has 0 aromatic heterocycles. The molecule has 1 aliphatic carbocycles. The molecule has 3 amide bonds. The number of carbonyl (C=O) groups excluding carboxylic acids is 3. The molecule has 1 unspecified atom stereocenters. The summed E-state index contributed by atoms with van der Waals surface area (Å²) >= 11 is 0. The normalized spacial score (nSPS) is 20.4. The van der Waals surface area contributed by atoms with E-state index in [0.717, 1.165) is 18.4 Å². The second-order valence-electron chi connectivity index (χ2n) is 7.84. The zero-order valence-electron chi connectivity index (χ0n) is 16.4. The van der Waals surface area contributed by atoms with Gasteiger partial charge in [-0.25, -0.2) is 4.79 Å². The van der Waals surface area contributed by atoms with Crippen molar-refractivity contribution < 1.29 is 24.2 Å². The van der Waals surface area contributed by atoms with Crippen LogP contribution in [-0.4, -0.2) is 48.2 Å². The third-order valence-corrected chi connectivity index (χ3v) is 5.39. The molecule has 0 radical (unpaired) electrons. The Morgan fingerprint density at radius 2 is 1.90 bits per heavy atom. The zero-order valence-corrected chi connectivity index (χ0v) is 16.4. The molecule has 1 saturated carbocycles. The first-order valence-electron chi connectivity index (χ1n) is 10.2. The Labute approximate surface area is 170 Å². The van der Waals surface area contributed by atoms with Gasteiger partial charge in [-0.05, 0) is 30.7 Å². The van der Waals surface area contributed by atoms with Gasteiger partial charge in [0, 0.05) is 12.5 Å². The van der Waals surface area contributed by atoms with Crippen molar-refractivity contribution in [3.05, 3.63) is 35.9 Å². The first-order valence-corrected chi connectivity index (χ1v) is 10.2. The number of alkyl carbamates (subject to hydrolysis) is 1. The van der Waals surface area contributed by atoms with Crippen molar-refractivity contribution in [3.8, 4) is 0 Å². The number of amides is 3. The molecule has 0 bridgehead atoms. The third kappa shape index (κ3) is 6.74. The lowest BCUT2D eigenvalue weighted by atomic mass is 9.98. The van der Waals surface area contributed by atoms with Gasteiger partial charge in [-0.1, -0.05) is 43.2 Å². The van der Waals surface area contributed by atoms with Gasteiger partial charge >= 0.3 is 6.09 Å². The minimum Gasteiger partial charge on any atom is -0.445 e. The molecule has 8 nitrogen and oxygen atoms in total. The Kier molecular flexibility index (Phi) is 7.46. The molecule has 29 heavy (non-hydrogen) atoms. The van der Waals surface area contributed by atoms with E-state index in [4.69, 9.17) is 4.74 Å². The Balaban J connectivity index is 1.51. The van der Waals surface area contributed by atoms with Crippen LogP contribution in [-0.2, 0) is 20.9 Å². The zero-order chi connectivity index (χ0) is 20.6. The van der Waals surface area contributed by atoms with Gasteiger partial charge < -0.3 is 25.8 Å². The molecule has 1 heterocycles. The van der Waals surface area contributed by atoms with Crippen LogP contribution in [0.2, 0.25) is 0 Å². The second kappa shape index (κ2) is 10.2. The average Bonchev–Trinajstić information content (AvgIpc) is 3.46. The van der Waals surface area contributed by atoms with Crippen molar-refractivity contribution in [3.63, 3.8) is 0 Å². The summed E-state index contributed by atoms with van der Waals surface area (Å²) in [5.74, 6) is -0.202. The van der Waals surface area contributed by atoms with E-state index < -0.39 is 18.2 Å². The SMILES string of the molecule is O=C(NC(CC1CC1)C(=O)N[C@H](CO)C[C@@H]1CCNC1=O)OCc1ccccc1. The number of hydrogen-bond donors (Lipinski definition) is 4. The van der Waals surface area contributed by atoms with Crippen molar-refractivity contribution in [2.45, 2.75) is 50.8 Å². The molecule has 2 fully saturated rings. The van der Waals surface area contributed by atoms with E-state index in [2.05, 4.69) is 16.0 Å². The van der Waals surface area contributed by atoms with Gasteiger partial charge in [0.1, 0.15) is 12.6 Å². The maximum atomic E-state index is 12.7. The summed E-state index contributed by atoms with van der Waals surface area (Å²) in [6, 6.07) is 8.06. The standard InChI is InChI=1S/C21H29N3O5/c25-12-17(11-16-8-9-22-19(16)26)23-20(27)18(10-14-6-7-14)24-21(28)29-13-15-4-2-1-3-5-15/h1-5,14,16-18,25H,6-13H2,(H,22,26)(H,23,27)(H,24,28)/t16-,17-,18?/m0/s1. The summed E-state index contributed by atoms with van der Waals surface area (Å²) in [7, 11) is 0. The first kappa shape index (κ1) is 21.1. The van der Waals surface area contributed by atoms with Gasteiger partial charge in [-0.15, -0.1) is 0 Å².